The summed E-state index contributed by atoms with van der Waals surface area (Å²) in [5.41, 5.74) is 0.162. The van der Waals surface area contributed by atoms with Gasteiger partial charge in [-0.2, -0.15) is 4.98 Å². The number of hydrogen-bond acceptors (Lipinski definition) is 4. The summed E-state index contributed by atoms with van der Waals surface area (Å²) < 4.78 is 2.68. The van der Waals surface area contributed by atoms with Crippen molar-refractivity contribution in [1.82, 2.24) is 14.6 Å². The van der Waals surface area contributed by atoms with Crippen molar-refractivity contribution in [2.75, 3.05) is 11.9 Å². The first-order valence-electron chi connectivity index (χ1n) is 7.02. The summed E-state index contributed by atoms with van der Waals surface area (Å²) in [6.07, 6.45) is 5.86. The average Bonchev–Trinajstić information content (AvgIpc) is 2.78. The topological polar surface area (TPSA) is 62.5 Å². The molecule has 1 saturated carbocycles. The van der Waals surface area contributed by atoms with E-state index in [0.29, 0.717) is 18.4 Å². The molecule has 5 nitrogen and oxygen atoms in total. The first-order valence-corrected chi connectivity index (χ1v) is 7.82. The second kappa shape index (κ2) is 5.33. The smallest absolute Gasteiger partial charge is 0.243 e. The predicted molar refractivity (Wildman–Crippen MR) is 81.8 cm³/mol. The molecule has 0 radical (unpaired) electrons. The van der Waals surface area contributed by atoms with E-state index in [1.54, 1.807) is 4.52 Å². The van der Waals surface area contributed by atoms with E-state index in [2.05, 4.69) is 38.3 Å². The zero-order valence-electron chi connectivity index (χ0n) is 11.5. The quantitative estimate of drug-likeness (QED) is 0.903. The number of nitrogens with zero attached hydrogens (tertiary/aromatic N) is 3. The summed E-state index contributed by atoms with van der Waals surface area (Å²) in [7, 11) is 0. The highest BCUT2D eigenvalue weighted by molar-refractivity contribution is 9.10. The normalized spacial score (nSPS) is 26.9. The van der Waals surface area contributed by atoms with Crippen molar-refractivity contribution in [3.63, 3.8) is 0 Å². The van der Waals surface area contributed by atoms with Crippen molar-refractivity contribution in [3.05, 3.63) is 22.8 Å². The molecular weight excluding hydrogens is 320 g/mol. The van der Waals surface area contributed by atoms with Gasteiger partial charge in [0.2, 0.25) is 5.95 Å². The zero-order valence-corrected chi connectivity index (χ0v) is 13.1. The third-order valence-electron chi connectivity index (χ3n) is 3.94. The molecule has 1 fully saturated rings. The minimum atomic E-state index is -0.629. The SMILES string of the molecule is CC1CCCC(O)(CNc2nc3ccc(Br)cn3n2)C1. The van der Waals surface area contributed by atoms with Gasteiger partial charge >= 0.3 is 0 Å². The van der Waals surface area contributed by atoms with Gasteiger partial charge in [-0.1, -0.05) is 19.8 Å². The monoisotopic (exact) mass is 338 g/mol. The highest BCUT2D eigenvalue weighted by Crippen LogP contribution is 2.32. The van der Waals surface area contributed by atoms with Gasteiger partial charge in [0, 0.05) is 17.2 Å². The third-order valence-corrected chi connectivity index (χ3v) is 4.41. The molecule has 0 amide bonds. The summed E-state index contributed by atoms with van der Waals surface area (Å²) in [4.78, 5) is 4.40. The Hall–Kier alpha value is -1.14. The molecule has 0 aliphatic heterocycles. The molecule has 0 aromatic carbocycles. The van der Waals surface area contributed by atoms with E-state index in [1.165, 1.54) is 6.42 Å². The lowest BCUT2D eigenvalue weighted by Crippen LogP contribution is -2.41. The van der Waals surface area contributed by atoms with Gasteiger partial charge in [0.05, 0.1) is 5.60 Å². The molecule has 2 heterocycles. The lowest BCUT2D eigenvalue weighted by molar-refractivity contribution is -0.000891. The highest BCUT2D eigenvalue weighted by atomic mass is 79.9. The van der Waals surface area contributed by atoms with Gasteiger partial charge in [-0.25, -0.2) is 4.52 Å². The van der Waals surface area contributed by atoms with Crippen LogP contribution in [0.4, 0.5) is 5.95 Å². The lowest BCUT2D eigenvalue weighted by atomic mass is 9.79. The molecule has 2 N–H and O–H groups in total. The van der Waals surface area contributed by atoms with Crippen LogP contribution in [-0.4, -0.2) is 31.9 Å². The molecular formula is C14H19BrN4O. The molecule has 2 unspecified atom stereocenters. The van der Waals surface area contributed by atoms with Crippen LogP contribution in [0.3, 0.4) is 0 Å². The van der Waals surface area contributed by atoms with Crippen LogP contribution in [0.1, 0.15) is 32.6 Å². The van der Waals surface area contributed by atoms with Crippen LogP contribution in [0, 0.1) is 5.92 Å². The highest BCUT2D eigenvalue weighted by Gasteiger charge is 2.32. The van der Waals surface area contributed by atoms with Crippen molar-refractivity contribution in [2.45, 2.75) is 38.2 Å². The van der Waals surface area contributed by atoms with Gasteiger partial charge in [0.15, 0.2) is 5.65 Å². The summed E-state index contributed by atoms with van der Waals surface area (Å²) in [5, 5.41) is 18.1. The number of fused-ring (bicyclic) bond motifs is 1. The Morgan fingerprint density at radius 1 is 1.55 bits per heavy atom. The van der Waals surface area contributed by atoms with E-state index in [1.807, 2.05) is 18.3 Å². The number of pyridine rings is 1. The van der Waals surface area contributed by atoms with Gasteiger partial charge in [0.25, 0.3) is 0 Å². The summed E-state index contributed by atoms with van der Waals surface area (Å²) in [6, 6.07) is 3.84. The Labute approximate surface area is 126 Å². The van der Waals surface area contributed by atoms with Crippen molar-refractivity contribution in [3.8, 4) is 0 Å². The van der Waals surface area contributed by atoms with E-state index >= 15 is 0 Å². The number of anilines is 1. The predicted octanol–water partition coefficient (Wildman–Crippen LogP) is 2.84. The van der Waals surface area contributed by atoms with Crippen LogP contribution in [0.5, 0.6) is 0 Å². The Balaban J connectivity index is 1.70. The van der Waals surface area contributed by atoms with Gasteiger partial charge < -0.3 is 10.4 Å². The first kappa shape index (κ1) is 13.8. The fraction of sp³-hybridized carbons (Fsp3) is 0.571. The van der Waals surface area contributed by atoms with Crippen LogP contribution < -0.4 is 5.32 Å². The number of aliphatic hydroxyl groups is 1. The zero-order chi connectivity index (χ0) is 14.2. The van der Waals surface area contributed by atoms with Gasteiger partial charge in [-0.05, 0) is 46.8 Å². The molecule has 0 saturated heterocycles. The second-order valence-corrected chi connectivity index (χ2v) is 6.78. The number of hydrogen-bond donors (Lipinski definition) is 2. The minimum Gasteiger partial charge on any atom is -0.388 e. The molecule has 3 rings (SSSR count). The second-order valence-electron chi connectivity index (χ2n) is 5.86. The third kappa shape index (κ3) is 2.96. The molecule has 1 aliphatic carbocycles. The van der Waals surface area contributed by atoms with Crippen molar-refractivity contribution in [1.29, 1.82) is 0 Å². The summed E-state index contributed by atoms with van der Waals surface area (Å²) in [5.74, 6) is 1.15. The Kier molecular flexibility index (Phi) is 3.69. The summed E-state index contributed by atoms with van der Waals surface area (Å²) in [6.45, 7) is 2.71. The van der Waals surface area contributed by atoms with Crippen molar-refractivity contribution >= 4 is 27.5 Å². The van der Waals surface area contributed by atoms with Crippen LogP contribution >= 0.6 is 15.9 Å². The van der Waals surface area contributed by atoms with Gasteiger partial charge in [-0.3, -0.25) is 0 Å². The maximum atomic E-state index is 10.6. The molecule has 1 aliphatic rings. The van der Waals surface area contributed by atoms with Crippen LogP contribution in [0.25, 0.3) is 5.65 Å². The Bertz CT molecular complexity index is 614. The van der Waals surface area contributed by atoms with E-state index in [0.717, 1.165) is 29.4 Å². The lowest BCUT2D eigenvalue weighted by Gasteiger charge is -2.35. The van der Waals surface area contributed by atoms with E-state index in [4.69, 9.17) is 0 Å². The molecule has 20 heavy (non-hydrogen) atoms. The number of aromatic nitrogens is 3. The molecule has 0 spiro atoms. The van der Waals surface area contributed by atoms with Crippen LogP contribution in [0.2, 0.25) is 0 Å². The van der Waals surface area contributed by atoms with E-state index in [-0.39, 0.29) is 0 Å². The molecule has 2 aromatic heterocycles. The molecule has 6 heteroatoms. The maximum absolute atomic E-state index is 10.6. The van der Waals surface area contributed by atoms with Crippen LogP contribution in [-0.2, 0) is 0 Å². The minimum absolute atomic E-state index is 0.509. The number of rotatable bonds is 3. The van der Waals surface area contributed by atoms with Crippen molar-refractivity contribution in [2.24, 2.45) is 5.92 Å². The fourth-order valence-corrected chi connectivity index (χ4v) is 3.30. The van der Waals surface area contributed by atoms with Gasteiger partial charge in [-0.15, -0.1) is 5.10 Å². The molecule has 2 atom stereocenters. The molecule has 108 valence electrons. The van der Waals surface area contributed by atoms with E-state index in [9.17, 15) is 5.11 Å². The average molecular weight is 339 g/mol. The Morgan fingerprint density at radius 2 is 2.40 bits per heavy atom. The standard InChI is InChI=1S/C14H19BrN4O/c1-10-3-2-6-14(20,7-10)9-16-13-17-12-5-4-11(15)8-19(12)18-13/h4-5,8,10,20H,2-3,6-7,9H2,1H3,(H,16,18). The number of nitrogens with one attached hydrogen (secondary N) is 1. The van der Waals surface area contributed by atoms with Crippen molar-refractivity contribution < 1.29 is 5.11 Å². The van der Waals surface area contributed by atoms with Gasteiger partial charge in [0.1, 0.15) is 0 Å². The van der Waals surface area contributed by atoms with E-state index < -0.39 is 5.60 Å². The first-order chi connectivity index (χ1) is 9.54. The molecule has 2 aromatic rings. The fourth-order valence-electron chi connectivity index (χ4n) is 2.97. The maximum Gasteiger partial charge on any atom is 0.243 e. The molecule has 0 bridgehead atoms. The summed E-state index contributed by atoms with van der Waals surface area (Å²) >= 11 is 3.41. The van der Waals surface area contributed by atoms with Crippen LogP contribution in [0.15, 0.2) is 22.8 Å². The largest absolute Gasteiger partial charge is 0.388 e. The Morgan fingerprint density at radius 3 is 3.20 bits per heavy atom. The number of halogens is 1.